The zero-order valence-corrected chi connectivity index (χ0v) is 28.2. The molecule has 0 bridgehead atoms. The normalized spacial score (nSPS) is 13.6. The summed E-state index contributed by atoms with van der Waals surface area (Å²) < 4.78 is 49.6. The minimum atomic E-state index is -0.888. The molecule has 5 aromatic rings. The van der Waals surface area contributed by atoms with E-state index in [2.05, 4.69) is 44.0 Å². The lowest BCUT2D eigenvalue weighted by molar-refractivity contribution is 0.201. The van der Waals surface area contributed by atoms with Crippen LogP contribution in [-0.4, -0.2) is 62.4 Å². The predicted molar refractivity (Wildman–Crippen MR) is 186 cm³/mol. The van der Waals surface area contributed by atoms with Crippen molar-refractivity contribution < 1.29 is 27.7 Å². The summed E-state index contributed by atoms with van der Waals surface area (Å²) in [6.45, 7) is 3.29. The van der Waals surface area contributed by atoms with Crippen molar-refractivity contribution in [2.75, 3.05) is 46.4 Å². The standard InChI is InChI=1S/C39H40F2N4O4/c1-46-32-8-6-30(7-9-32)45(25-27-12-16-42-35(20-27)28-5-10-33(40)34(41)21-28)31-13-17-44(18-14-31)24-26-11-15-43-36(19-26)29-22-37(47-2)39(49-4)38(23-29)48-3/h5-12,15-16,19-23,31H,13-14,17-18,24-25H2,1-4H3. The van der Waals surface area contributed by atoms with Gasteiger partial charge < -0.3 is 23.8 Å². The van der Waals surface area contributed by atoms with E-state index in [0.29, 0.717) is 35.1 Å². The first-order valence-electron chi connectivity index (χ1n) is 16.2. The van der Waals surface area contributed by atoms with Gasteiger partial charge in [0.2, 0.25) is 5.75 Å². The van der Waals surface area contributed by atoms with Crippen LogP contribution in [0.1, 0.15) is 24.0 Å². The number of rotatable bonds is 12. The number of anilines is 1. The monoisotopic (exact) mass is 666 g/mol. The summed E-state index contributed by atoms with van der Waals surface area (Å²) in [5, 5.41) is 0. The minimum absolute atomic E-state index is 0.289. The number of likely N-dealkylation sites (tertiary alicyclic amines) is 1. The number of nitrogens with zero attached hydrogens (tertiary/aromatic N) is 4. The van der Waals surface area contributed by atoms with Crippen LogP contribution in [0.3, 0.4) is 0 Å². The van der Waals surface area contributed by atoms with Gasteiger partial charge in [0.15, 0.2) is 23.1 Å². The number of benzene rings is 3. The molecule has 0 amide bonds. The molecule has 1 fully saturated rings. The van der Waals surface area contributed by atoms with Gasteiger partial charge in [0, 0.05) is 61.4 Å². The molecule has 3 heterocycles. The Balaban J connectivity index is 1.18. The van der Waals surface area contributed by atoms with Gasteiger partial charge in [0.1, 0.15) is 5.75 Å². The van der Waals surface area contributed by atoms with Crippen LogP contribution in [0.15, 0.2) is 91.3 Å². The predicted octanol–water partition coefficient (Wildman–Crippen LogP) is 7.79. The van der Waals surface area contributed by atoms with Gasteiger partial charge in [-0.1, -0.05) is 0 Å². The third-order valence-corrected chi connectivity index (χ3v) is 8.99. The SMILES string of the molecule is COc1ccc(N(Cc2ccnc(-c3ccc(F)c(F)c3)c2)C2CCN(Cc3ccnc(-c4cc(OC)c(OC)c(OC)c4)c3)CC2)cc1. The van der Waals surface area contributed by atoms with E-state index in [4.69, 9.17) is 18.9 Å². The van der Waals surface area contributed by atoms with Gasteiger partial charge in [0.25, 0.3) is 0 Å². The number of halogens is 2. The number of pyridine rings is 2. The minimum Gasteiger partial charge on any atom is -0.497 e. The maximum absolute atomic E-state index is 14.0. The van der Waals surface area contributed by atoms with Crippen LogP contribution in [0.2, 0.25) is 0 Å². The van der Waals surface area contributed by atoms with Crippen molar-refractivity contribution in [3.63, 3.8) is 0 Å². The molecule has 0 atom stereocenters. The van der Waals surface area contributed by atoms with Crippen molar-refractivity contribution in [1.29, 1.82) is 0 Å². The Hall–Kier alpha value is -5.22. The third kappa shape index (κ3) is 7.76. The van der Waals surface area contributed by atoms with E-state index in [1.54, 1.807) is 40.7 Å². The van der Waals surface area contributed by atoms with Crippen molar-refractivity contribution in [1.82, 2.24) is 14.9 Å². The summed E-state index contributed by atoms with van der Waals surface area (Å²) in [5.41, 5.74) is 6.15. The van der Waals surface area contributed by atoms with Crippen molar-refractivity contribution in [3.8, 4) is 45.5 Å². The molecule has 0 radical (unpaired) electrons. The quantitative estimate of drug-likeness (QED) is 0.134. The molecule has 10 heteroatoms. The Morgan fingerprint density at radius 2 is 1.31 bits per heavy atom. The third-order valence-electron chi connectivity index (χ3n) is 8.99. The van der Waals surface area contributed by atoms with Crippen molar-refractivity contribution in [2.24, 2.45) is 0 Å². The highest BCUT2D eigenvalue weighted by molar-refractivity contribution is 5.69. The molecular formula is C39H40F2N4O4. The number of ether oxygens (including phenoxy) is 4. The fourth-order valence-electron chi connectivity index (χ4n) is 6.39. The number of methoxy groups -OCH3 is 4. The Kier molecular flexibility index (Phi) is 10.5. The largest absolute Gasteiger partial charge is 0.497 e. The summed E-state index contributed by atoms with van der Waals surface area (Å²) in [6.07, 6.45) is 5.51. The lowest BCUT2D eigenvalue weighted by Gasteiger charge is -2.40. The second kappa shape index (κ2) is 15.3. The lowest BCUT2D eigenvalue weighted by atomic mass is 10.00. The first-order valence-corrected chi connectivity index (χ1v) is 16.2. The Morgan fingerprint density at radius 3 is 1.92 bits per heavy atom. The van der Waals surface area contributed by atoms with E-state index >= 15 is 0 Å². The van der Waals surface area contributed by atoms with Gasteiger partial charge in [-0.3, -0.25) is 14.9 Å². The summed E-state index contributed by atoms with van der Waals surface area (Å²) in [7, 11) is 6.46. The Morgan fingerprint density at radius 1 is 0.673 bits per heavy atom. The molecule has 254 valence electrons. The lowest BCUT2D eigenvalue weighted by Crippen LogP contribution is -2.44. The van der Waals surface area contributed by atoms with E-state index < -0.39 is 11.6 Å². The molecule has 0 spiro atoms. The molecular weight excluding hydrogens is 626 g/mol. The highest BCUT2D eigenvalue weighted by atomic mass is 19.2. The highest BCUT2D eigenvalue weighted by Gasteiger charge is 2.26. The van der Waals surface area contributed by atoms with E-state index in [-0.39, 0.29) is 6.04 Å². The number of aromatic nitrogens is 2. The van der Waals surface area contributed by atoms with Gasteiger partial charge >= 0.3 is 0 Å². The molecule has 6 rings (SSSR count). The molecule has 8 nitrogen and oxygen atoms in total. The first kappa shape index (κ1) is 33.7. The van der Waals surface area contributed by atoms with Gasteiger partial charge in [-0.25, -0.2) is 8.78 Å². The molecule has 2 aromatic heterocycles. The number of hydrogen-bond donors (Lipinski definition) is 0. The summed E-state index contributed by atoms with van der Waals surface area (Å²) >= 11 is 0. The smallest absolute Gasteiger partial charge is 0.203 e. The summed E-state index contributed by atoms with van der Waals surface area (Å²) in [4.78, 5) is 14.0. The topological polar surface area (TPSA) is 69.2 Å². The molecule has 0 unspecified atom stereocenters. The molecule has 0 saturated carbocycles. The molecule has 49 heavy (non-hydrogen) atoms. The maximum atomic E-state index is 14.0. The molecule has 1 saturated heterocycles. The molecule has 0 aliphatic carbocycles. The van der Waals surface area contributed by atoms with Gasteiger partial charge in [0.05, 0.1) is 39.8 Å². The fraction of sp³-hybridized carbons (Fsp3) is 0.282. The van der Waals surface area contributed by atoms with Crippen LogP contribution in [-0.2, 0) is 13.1 Å². The second-order valence-electron chi connectivity index (χ2n) is 12.0. The van der Waals surface area contributed by atoms with Gasteiger partial charge in [-0.2, -0.15) is 0 Å². The number of hydrogen-bond acceptors (Lipinski definition) is 8. The van der Waals surface area contributed by atoms with Crippen LogP contribution in [0.25, 0.3) is 22.5 Å². The first-order chi connectivity index (χ1) is 23.9. The molecule has 0 N–H and O–H groups in total. The van der Waals surface area contributed by atoms with E-state index in [1.165, 1.54) is 11.6 Å². The maximum Gasteiger partial charge on any atom is 0.203 e. The van der Waals surface area contributed by atoms with Gasteiger partial charge in [-0.15, -0.1) is 0 Å². The Labute approximate surface area is 285 Å². The van der Waals surface area contributed by atoms with Crippen LogP contribution < -0.4 is 23.8 Å². The average molecular weight is 667 g/mol. The van der Waals surface area contributed by atoms with Crippen LogP contribution in [0, 0.1) is 11.6 Å². The Bertz CT molecular complexity index is 1860. The van der Waals surface area contributed by atoms with E-state index in [9.17, 15) is 8.78 Å². The van der Waals surface area contributed by atoms with Crippen LogP contribution >= 0.6 is 0 Å². The van der Waals surface area contributed by atoms with Crippen LogP contribution in [0.4, 0.5) is 14.5 Å². The highest BCUT2D eigenvalue weighted by Crippen LogP contribution is 2.41. The average Bonchev–Trinajstić information content (AvgIpc) is 3.15. The summed E-state index contributed by atoms with van der Waals surface area (Å²) in [6, 6.07) is 24.2. The van der Waals surface area contributed by atoms with Crippen molar-refractivity contribution in [2.45, 2.75) is 32.0 Å². The second-order valence-corrected chi connectivity index (χ2v) is 12.0. The fourth-order valence-corrected chi connectivity index (χ4v) is 6.39. The number of piperidine rings is 1. The van der Waals surface area contributed by atoms with E-state index in [0.717, 1.165) is 66.8 Å². The van der Waals surface area contributed by atoms with Crippen molar-refractivity contribution >= 4 is 5.69 Å². The molecule has 1 aliphatic heterocycles. The molecule has 1 aliphatic rings. The van der Waals surface area contributed by atoms with Crippen molar-refractivity contribution in [3.05, 3.63) is 114 Å². The summed E-state index contributed by atoms with van der Waals surface area (Å²) in [5.74, 6) is 0.746. The zero-order chi connectivity index (χ0) is 34.3. The van der Waals surface area contributed by atoms with Crippen LogP contribution in [0.5, 0.6) is 23.0 Å². The van der Waals surface area contributed by atoms with Gasteiger partial charge in [-0.05, 0) is 103 Å². The molecule has 3 aromatic carbocycles. The van der Waals surface area contributed by atoms with E-state index in [1.807, 2.05) is 42.6 Å². The zero-order valence-electron chi connectivity index (χ0n) is 28.2.